The van der Waals surface area contributed by atoms with E-state index < -0.39 is 96.3 Å². The summed E-state index contributed by atoms with van der Waals surface area (Å²) in [5.41, 5.74) is -1.86. The number of pyridine rings is 1. The van der Waals surface area contributed by atoms with E-state index in [-0.39, 0.29) is 130 Å². The Kier molecular flexibility index (Phi) is 9.77. The summed E-state index contributed by atoms with van der Waals surface area (Å²) in [4.78, 5) is 8.42. The zero-order chi connectivity index (χ0) is 78.0. The number of anilines is 4. The third-order valence-electron chi connectivity index (χ3n) is 16.3. The normalized spacial score (nSPS) is 18.9. The number of ether oxygens (including phenoxy) is 1. The molecule has 0 N–H and O–H groups in total. The van der Waals surface area contributed by atoms with Crippen molar-refractivity contribution in [3.8, 4) is 61.8 Å². The van der Waals surface area contributed by atoms with Gasteiger partial charge in [-0.15, -0.1) is 48.1 Å². The molecule has 5 nitrogen and oxygen atoms in total. The Morgan fingerprint density at radius 2 is 1.26 bits per heavy atom. The van der Waals surface area contributed by atoms with Gasteiger partial charge in [-0.2, -0.15) is 12.1 Å². The smallest absolute Gasteiger partial charge is 0.135 e. The summed E-state index contributed by atoms with van der Waals surface area (Å²) < 4.78 is 211. The Hall–Kier alpha value is -7.98. The molecule has 2 aliphatic rings. The van der Waals surface area contributed by atoms with Crippen molar-refractivity contribution < 1.29 is 56.0 Å². The fourth-order valence-corrected chi connectivity index (χ4v) is 11.6. The molecule has 6 heteroatoms. The Labute approximate surface area is 555 Å². The average molecular weight is 1330 g/mol. The summed E-state index contributed by atoms with van der Waals surface area (Å²) in [5, 5.41) is 0.562. The molecule has 436 valence electrons. The minimum absolute atomic E-state index is 0. The van der Waals surface area contributed by atoms with Crippen molar-refractivity contribution in [3.05, 3.63) is 247 Å². The van der Waals surface area contributed by atoms with E-state index >= 15 is 0 Å². The van der Waals surface area contributed by atoms with Crippen molar-refractivity contribution in [2.45, 2.75) is 124 Å². The topological polar surface area (TPSA) is 33.5 Å². The Morgan fingerprint density at radius 3 is 1.98 bits per heavy atom. The third kappa shape index (κ3) is 10.9. The molecule has 86 heavy (non-hydrogen) atoms. The van der Waals surface area contributed by atoms with E-state index in [4.69, 9.17) is 24.8 Å². The molecular weight excluding hydrogens is 1230 g/mol. The SMILES string of the molecule is [2H]c1c([2H])c(-c2cccc(-c3c([2H])c([2H])c4c(c3[2H])C(C)(C)CCC4(C)C)c2N2[CH-]N(c3[c-]c(Oc4[c-]c5c(cc4)c4c([2H])c([2H])c([2H])c([2H])c4n5-c4cc(C([2H])([2H])C(C)C)c(-c5ccccc5)cn4)ccc3)c3ccccc32)c([2H])c([2H])c1-c1cc(C(C)(C)C)cc(C(C([2H])([2H])[2H])(C([2H])([2H])[2H])C([2H])([2H])[2H])c1.[Pt]. The first-order valence-corrected chi connectivity index (χ1v) is 28.6. The monoisotopic (exact) mass is 1330 g/mol. The largest absolute Gasteiger partial charge is 0.509 e. The fourth-order valence-electron chi connectivity index (χ4n) is 11.6. The van der Waals surface area contributed by atoms with Crippen LogP contribution in [0.1, 0.15) is 154 Å². The van der Waals surface area contributed by atoms with Crippen LogP contribution in [0.4, 0.5) is 22.7 Å². The van der Waals surface area contributed by atoms with Crippen LogP contribution in [0.3, 0.4) is 0 Å². The van der Waals surface area contributed by atoms with Crippen LogP contribution in [0.2, 0.25) is 0 Å². The maximum atomic E-state index is 10.3. The maximum Gasteiger partial charge on any atom is 0.135 e. The third-order valence-corrected chi connectivity index (χ3v) is 16.3. The Morgan fingerprint density at radius 1 is 0.616 bits per heavy atom. The van der Waals surface area contributed by atoms with Crippen LogP contribution in [0.5, 0.6) is 11.5 Å². The number of para-hydroxylation sites is 4. The van der Waals surface area contributed by atoms with Crippen LogP contribution in [0, 0.1) is 24.7 Å². The summed E-state index contributed by atoms with van der Waals surface area (Å²) in [6, 6.07) is 37.4. The molecule has 0 saturated heterocycles. The molecule has 1 aliphatic heterocycles. The first kappa shape index (κ1) is 37.5. The average Bonchev–Trinajstić information content (AvgIpc) is 0.757. The van der Waals surface area contributed by atoms with E-state index in [9.17, 15) is 15.1 Å². The molecule has 0 radical (unpaired) electrons. The van der Waals surface area contributed by atoms with E-state index in [0.29, 0.717) is 57.5 Å². The van der Waals surface area contributed by atoms with E-state index in [1.807, 2.05) is 76.2 Å². The van der Waals surface area contributed by atoms with Gasteiger partial charge in [-0.05, 0) is 132 Å². The Bertz CT molecular complexity index is 5420. The maximum absolute atomic E-state index is 10.3. The van der Waals surface area contributed by atoms with Crippen LogP contribution in [-0.4, -0.2) is 9.55 Å². The van der Waals surface area contributed by atoms with Crippen molar-refractivity contribution in [1.29, 1.82) is 0 Å². The van der Waals surface area contributed by atoms with E-state index in [1.165, 1.54) is 12.1 Å². The molecule has 0 unspecified atom stereocenters. The number of nitrogens with zero attached hydrogens (tertiary/aromatic N) is 4. The van der Waals surface area contributed by atoms with Gasteiger partial charge in [0.25, 0.3) is 0 Å². The zero-order valence-electron chi connectivity index (χ0n) is 71.3. The van der Waals surface area contributed by atoms with Gasteiger partial charge in [0.15, 0.2) is 0 Å². The predicted molar refractivity (Wildman–Crippen MR) is 357 cm³/mol. The molecule has 13 rings (SSSR count). The van der Waals surface area contributed by atoms with Crippen molar-refractivity contribution >= 4 is 44.6 Å². The second-order valence-corrected chi connectivity index (χ2v) is 24.8. The summed E-state index contributed by atoms with van der Waals surface area (Å²) >= 11 is 0. The van der Waals surface area contributed by atoms with Gasteiger partial charge in [0.05, 0.1) is 15.1 Å². The number of rotatable bonds is 11. The molecule has 11 aromatic rings. The molecule has 0 bridgehead atoms. The van der Waals surface area contributed by atoms with Gasteiger partial charge in [0, 0.05) is 93.1 Å². The van der Waals surface area contributed by atoms with Gasteiger partial charge >= 0.3 is 0 Å². The van der Waals surface area contributed by atoms with Gasteiger partial charge in [-0.3, -0.25) is 0 Å². The molecule has 0 amide bonds. The van der Waals surface area contributed by atoms with Crippen LogP contribution in [0.25, 0.3) is 72.1 Å². The summed E-state index contributed by atoms with van der Waals surface area (Å²) in [5.74, 6) is -0.0598. The van der Waals surface area contributed by atoms with Gasteiger partial charge in [0.1, 0.15) is 5.82 Å². The summed E-state index contributed by atoms with van der Waals surface area (Å²) in [6.45, 7) is 7.45. The van der Waals surface area contributed by atoms with Crippen molar-refractivity contribution in [2.24, 2.45) is 5.92 Å². The molecular formula is C80H77N4OPt-3. The van der Waals surface area contributed by atoms with Crippen LogP contribution < -0.4 is 14.5 Å². The van der Waals surface area contributed by atoms with E-state index in [2.05, 4.69) is 12.1 Å². The van der Waals surface area contributed by atoms with Gasteiger partial charge < -0.3 is 19.1 Å². The van der Waals surface area contributed by atoms with E-state index in [0.717, 1.165) is 11.6 Å². The van der Waals surface area contributed by atoms with Crippen molar-refractivity contribution in [3.63, 3.8) is 0 Å². The second-order valence-electron chi connectivity index (χ2n) is 24.8. The molecule has 0 atom stereocenters. The van der Waals surface area contributed by atoms with Crippen molar-refractivity contribution in [1.82, 2.24) is 9.55 Å². The minimum Gasteiger partial charge on any atom is -0.509 e. The molecule has 3 heterocycles. The second kappa shape index (κ2) is 22.4. The molecule has 0 saturated carbocycles. The quantitative estimate of drug-likeness (QED) is 0.121. The molecule has 0 fully saturated rings. The molecule has 9 aromatic carbocycles. The van der Waals surface area contributed by atoms with Gasteiger partial charge in [-0.25, -0.2) is 4.98 Å². The number of benzene rings is 9. The first-order valence-electron chi connectivity index (χ1n) is 39.6. The van der Waals surface area contributed by atoms with E-state index in [1.54, 1.807) is 123 Å². The fraction of sp³-hybridized carbons (Fsp3) is 0.250. The molecule has 1 aliphatic carbocycles. The van der Waals surface area contributed by atoms with Gasteiger partial charge in [-0.1, -0.05) is 228 Å². The number of fused-ring (bicyclic) bond motifs is 5. The molecule has 0 spiro atoms. The summed E-state index contributed by atoms with van der Waals surface area (Å²) in [7, 11) is 0. The van der Waals surface area contributed by atoms with Crippen molar-refractivity contribution in [2.75, 3.05) is 9.80 Å². The number of hydrogen-bond donors (Lipinski definition) is 0. The summed E-state index contributed by atoms with van der Waals surface area (Å²) in [6.07, 6.45) is 0.998. The first-order chi connectivity index (χ1) is 49.8. The van der Waals surface area contributed by atoms with Crippen LogP contribution in [-0.2, 0) is 49.1 Å². The number of hydrogen-bond acceptors (Lipinski definition) is 4. The number of aromatic nitrogens is 2. The Balaban J connectivity index is 0.0000109. The van der Waals surface area contributed by atoms with Gasteiger partial charge in [0.2, 0.25) is 0 Å². The van der Waals surface area contributed by atoms with Crippen LogP contribution in [0.15, 0.2) is 200 Å². The van der Waals surface area contributed by atoms with Crippen LogP contribution >= 0.6 is 0 Å². The standard InChI is InChI=1S/C80H77N4O.Pt/c1-52(2)42-58-46-75(81-50-68(58)54-22-14-13-15-23-54)84-71-29-17-16-26-66(71)67-38-37-63(49-74(67)84)85-62-25-20-24-61(48-62)82-51-83(73-31-19-18-30-72(73)82)76-64(27-21-28-65(76)56-36-39-69-70(45-56)80(11,12)41-40-79(69,9)10)55-34-32-53(33-35-55)57-43-59(77(3,4)5)47-60(44-57)78(6,7)8;/h13-39,43-47,50-52H,40-42H2,1-12H3;/q-3;/i3D3,4D3,5D3,16D,17D,26D,29D,32D,33D,34D,35D,36D,39D,42D2,45D;. The molecule has 2 aromatic heterocycles. The zero-order valence-corrected chi connectivity index (χ0v) is 51.6. The predicted octanol–water partition coefficient (Wildman–Crippen LogP) is 21.8. The minimum atomic E-state index is -3.68.